The maximum atomic E-state index is 12.8. The molecule has 2 aromatic carbocycles. The third-order valence-electron chi connectivity index (χ3n) is 4.75. The van der Waals surface area contributed by atoms with Crippen LogP contribution in [0.4, 0.5) is 5.82 Å². The molecule has 0 aliphatic carbocycles. The van der Waals surface area contributed by atoms with E-state index in [4.69, 9.17) is 0 Å². The van der Waals surface area contributed by atoms with Crippen LogP contribution in [0.15, 0.2) is 97.3 Å². The second kappa shape index (κ2) is 8.97. The Hall–Kier alpha value is -3.73. The van der Waals surface area contributed by atoms with Crippen LogP contribution in [-0.4, -0.2) is 20.7 Å². The standard InChI is InChI=1S/C24H22N4O/c29-24(26-23-14-16-28(27-23)18-21-13-7-8-15-25-21)17-22(19-9-3-1-4-10-19)20-11-5-2-6-12-20/h1-16,22H,17-18H2,(H,26,27,29). The summed E-state index contributed by atoms with van der Waals surface area (Å²) in [7, 11) is 0. The number of hydrogen-bond acceptors (Lipinski definition) is 3. The van der Waals surface area contributed by atoms with Gasteiger partial charge in [-0.2, -0.15) is 5.10 Å². The molecule has 0 spiro atoms. The minimum atomic E-state index is -0.0641. The molecule has 0 bridgehead atoms. The zero-order valence-electron chi connectivity index (χ0n) is 16.0. The van der Waals surface area contributed by atoms with Crippen molar-refractivity contribution in [2.75, 3.05) is 5.32 Å². The van der Waals surface area contributed by atoms with Gasteiger partial charge in [-0.3, -0.25) is 14.5 Å². The van der Waals surface area contributed by atoms with E-state index in [1.165, 1.54) is 0 Å². The average Bonchev–Trinajstić information content (AvgIpc) is 3.20. The van der Waals surface area contributed by atoms with Crippen molar-refractivity contribution in [3.05, 3.63) is 114 Å². The van der Waals surface area contributed by atoms with Crippen LogP contribution in [0.2, 0.25) is 0 Å². The fourth-order valence-electron chi connectivity index (χ4n) is 3.35. The molecule has 2 heterocycles. The Bertz CT molecular complexity index is 1010. The molecule has 0 aliphatic rings. The molecule has 2 aromatic heterocycles. The number of aromatic nitrogens is 3. The van der Waals surface area contributed by atoms with Gasteiger partial charge in [-0.25, -0.2) is 0 Å². The van der Waals surface area contributed by atoms with Gasteiger partial charge in [0.1, 0.15) is 0 Å². The first-order valence-electron chi connectivity index (χ1n) is 9.61. The van der Waals surface area contributed by atoms with Crippen molar-refractivity contribution in [1.29, 1.82) is 0 Å². The average molecular weight is 382 g/mol. The summed E-state index contributed by atoms with van der Waals surface area (Å²) in [5.74, 6) is 0.476. The molecule has 1 amide bonds. The second-order valence-corrected chi connectivity index (χ2v) is 6.85. The number of nitrogens with one attached hydrogen (secondary N) is 1. The Balaban J connectivity index is 1.45. The lowest BCUT2D eigenvalue weighted by Gasteiger charge is -2.17. The Morgan fingerprint density at radius 3 is 2.14 bits per heavy atom. The maximum Gasteiger partial charge on any atom is 0.226 e. The predicted octanol–water partition coefficient (Wildman–Crippen LogP) is 4.49. The summed E-state index contributed by atoms with van der Waals surface area (Å²) in [4.78, 5) is 17.1. The molecule has 0 aliphatic heterocycles. The lowest BCUT2D eigenvalue weighted by molar-refractivity contribution is -0.116. The topological polar surface area (TPSA) is 59.8 Å². The fourth-order valence-corrected chi connectivity index (χ4v) is 3.35. The molecule has 29 heavy (non-hydrogen) atoms. The van der Waals surface area contributed by atoms with Gasteiger partial charge in [0, 0.05) is 30.8 Å². The van der Waals surface area contributed by atoms with E-state index in [1.807, 2.05) is 60.8 Å². The molecule has 5 heteroatoms. The van der Waals surface area contributed by atoms with Gasteiger partial charge in [-0.05, 0) is 23.3 Å². The molecular formula is C24H22N4O. The van der Waals surface area contributed by atoms with Crippen LogP contribution in [0.5, 0.6) is 0 Å². The minimum absolute atomic E-state index is 0.00648. The van der Waals surface area contributed by atoms with Crippen molar-refractivity contribution in [1.82, 2.24) is 14.8 Å². The highest BCUT2D eigenvalue weighted by molar-refractivity contribution is 5.90. The smallest absolute Gasteiger partial charge is 0.226 e. The largest absolute Gasteiger partial charge is 0.309 e. The third kappa shape index (κ3) is 4.96. The van der Waals surface area contributed by atoms with Gasteiger partial charge in [-0.1, -0.05) is 66.7 Å². The molecule has 0 unspecified atom stereocenters. The van der Waals surface area contributed by atoms with Crippen LogP contribution in [-0.2, 0) is 11.3 Å². The summed E-state index contributed by atoms with van der Waals surface area (Å²) in [5, 5.41) is 7.37. The molecular weight excluding hydrogens is 360 g/mol. The van der Waals surface area contributed by atoms with Crippen molar-refractivity contribution in [3.63, 3.8) is 0 Å². The summed E-state index contributed by atoms with van der Waals surface area (Å²) in [6.07, 6.45) is 3.95. The van der Waals surface area contributed by atoms with Crippen LogP contribution in [0, 0.1) is 0 Å². The van der Waals surface area contributed by atoms with E-state index in [9.17, 15) is 4.79 Å². The fraction of sp³-hybridized carbons (Fsp3) is 0.125. The molecule has 144 valence electrons. The van der Waals surface area contributed by atoms with Crippen molar-refractivity contribution in [2.24, 2.45) is 0 Å². The zero-order chi connectivity index (χ0) is 19.9. The SMILES string of the molecule is O=C(CC(c1ccccc1)c1ccccc1)Nc1ccn(Cc2ccccn2)n1. The molecule has 0 saturated heterocycles. The zero-order valence-corrected chi connectivity index (χ0v) is 16.0. The number of hydrogen-bond donors (Lipinski definition) is 1. The maximum absolute atomic E-state index is 12.8. The molecule has 5 nitrogen and oxygen atoms in total. The first-order chi connectivity index (χ1) is 14.3. The first-order valence-corrected chi connectivity index (χ1v) is 9.61. The molecule has 0 radical (unpaired) electrons. The molecule has 1 N–H and O–H groups in total. The first kappa shape index (κ1) is 18.6. The van der Waals surface area contributed by atoms with Gasteiger partial charge in [0.15, 0.2) is 5.82 Å². The quantitative estimate of drug-likeness (QED) is 0.512. The van der Waals surface area contributed by atoms with E-state index in [1.54, 1.807) is 16.9 Å². The monoisotopic (exact) mass is 382 g/mol. The summed E-state index contributed by atoms with van der Waals surface area (Å²) in [6, 6.07) is 27.8. The van der Waals surface area contributed by atoms with Crippen LogP contribution in [0.25, 0.3) is 0 Å². The Morgan fingerprint density at radius 1 is 0.862 bits per heavy atom. The third-order valence-corrected chi connectivity index (χ3v) is 4.75. The van der Waals surface area contributed by atoms with Gasteiger partial charge in [0.25, 0.3) is 0 Å². The van der Waals surface area contributed by atoms with Crippen LogP contribution in [0.1, 0.15) is 29.2 Å². The predicted molar refractivity (Wildman–Crippen MR) is 114 cm³/mol. The van der Waals surface area contributed by atoms with Crippen LogP contribution < -0.4 is 5.32 Å². The Labute approximate surface area is 170 Å². The summed E-state index contributed by atoms with van der Waals surface area (Å²) >= 11 is 0. The molecule has 4 aromatic rings. The van der Waals surface area contributed by atoms with Crippen molar-refractivity contribution in [2.45, 2.75) is 18.9 Å². The number of pyridine rings is 1. The number of benzene rings is 2. The number of carbonyl (C=O) groups excluding carboxylic acids is 1. The Morgan fingerprint density at radius 2 is 1.52 bits per heavy atom. The number of nitrogens with zero attached hydrogens (tertiary/aromatic N) is 3. The van der Waals surface area contributed by atoms with Crippen molar-refractivity contribution >= 4 is 11.7 Å². The number of anilines is 1. The van der Waals surface area contributed by atoms with E-state index in [-0.39, 0.29) is 11.8 Å². The van der Waals surface area contributed by atoms with E-state index in [0.29, 0.717) is 18.8 Å². The van der Waals surface area contributed by atoms with E-state index in [2.05, 4.69) is 39.7 Å². The normalized spacial score (nSPS) is 10.8. The van der Waals surface area contributed by atoms with E-state index < -0.39 is 0 Å². The van der Waals surface area contributed by atoms with Crippen molar-refractivity contribution < 1.29 is 4.79 Å². The minimum Gasteiger partial charge on any atom is -0.309 e. The van der Waals surface area contributed by atoms with Crippen molar-refractivity contribution in [3.8, 4) is 0 Å². The highest BCUT2D eigenvalue weighted by atomic mass is 16.1. The molecule has 4 rings (SSSR count). The summed E-state index contributed by atoms with van der Waals surface area (Å²) < 4.78 is 1.77. The summed E-state index contributed by atoms with van der Waals surface area (Å²) in [6.45, 7) is 0.563. The number of amides is 1. The molecule has 0 fully saturated rings. The lowest BCUT2D eigenvalue weighted by atomic mass is 9.88. The van der Waals surface area contributed by atoms with E-state index in [0.717, 1.165) is 16.8 Å². The van der Waals surface area contributed by atoms with Gasteiger partial charge >= 0.3 is 0 Å². The Kier molecular flexibility index (Phi) is 5.76. The van der Waals surface area contributed by atoms with Crippen LogP contribution in [0.3, 0.4) is 0 Å². The molecule has 0 saturated carbocycles. The second-order valence-electron chi connectivity index (χ2n) is 6.85. The lowest BCUT2D eigenvalue weighted by Crippen LogP contribution is -2.17. The van der Waals surface area contributed by atoms with Gasteiger partial charge < -0.3 is 5.32 Å². The highest BCUT2D eigenvalue weighted by Crippen LogP contribution is 2.28. The van der Waals surface area contributed by atoms with Gasteiger partial charge in [0.2, 0.25) is 5.91 Å². The van der Waals surface area contributed by atoms with Crippen LogP contribution >= 0.6 is 0 Å². The number of rotatable bonds is 7. The van der Waals surface area contributed by atoms with Gasteiger partial charge in [-0.15, -0.1) is 0 Å². The molecule has 0 atom stereocenters. The van der Waals surface area contributed by atoms with Gasteiger partial charge in [0.05, 0.1) is 12.2 Å². The highest BCUT2D eigenvalue weighted by Gasteiger charge is 2.18. The number of carbonyl (C=O) groups is 1. The van der Waals surface area contributed by atoms with E-state index >= 15 is 0 Å². The summed E-state index contributed by atoms with van der Waals surface area (Å²) in [5.41, 5.74) is 3.16.